The maximum absolute atomic E-state index is 12.9. The molecule has 2 aliphatic heterocycles. The zero-order valence-electron chi connectivity index (χ0n) is 17.1. The van der Waals surface area contributed by atoms with Gasteiger partial charge in [-0.2, -0.15) is 13.2 Å². The summed E-state index contributed by atoms with van der Waals surface area (Å²) in [4.78, 5) is 30.5. The van der Waals surface area contributed by atoms with Crippen LogP contribution in [0.5, 0.6) is 0 Å². The van der Waals surface area contributed by atoms with Crippen molar-refractivity contribution in [2.75, 3.05) is 38.5 Å². The van der Waals surface area contributed by atoms with Crippen LogP contribution in [0.4, 0.5) is 18.9 Å². The number of carbonyl (C=O) groups is 2. The molecule has 5 nitrogen and oxygen atoms in total. The molecule has 2 amide bonds. The number of amides is 2. The number of thioether (sulfide) groups is 1. The minimum atomic E-state index is -4.47. The fourth-order valence-electron chi connectivity index (χ4n) is 3.30. The van der Waals surface area contributed by atoms with Crippen molar-refractivity contribution in [1.29, 1.82) is 0 Å². The Hall–Kier alpha value is -2.56. The van der Waals surface area contributed by atoms with Crippen molar-refractivity contribution in [1.82, 2.24) is 9.80 Å². The normalized spacial score (nSPS) is 18.8. The Morgan fingerprint density at radius 1 is 1.16 bits per heavy atom. The number of likely N-dealkylation sites (N-methyl/N-ethyl adjacent to an activating group) is 1. The molecule has 10 heteroatoms. The number of carbonyl (C=O) groups excluding carboxylic acids is 2. The molecule has 0 atom stereocenters. The molecule has 1 aromatic heterocycles. The van der Waals surface area contributed by atoms with Gasteiger partial charge in [-0.1, -0.05) is 11.8 Å². The van der Waals surface area contributed by atoms with Crippen LogP contribution in [0.2, 0.25) is 0 Å². The van der Waals surface area contributed by atoms with Crippen LogP contribution in [-0.2, 0) is 15.8 Å². The first-order valence-corrected chi connectivity index (χ1v) is 11.5. The van der Waals surface area contributed by atoms with Gasteiger partial charge in [0.25, 0.3) is 5.91 Å². The number of anilines is 1. The molecule has 0 spiro atoms. The number of rotatable bonds is 3. The lowest BCUT2D eigenvalue weighted by atomic mass is 10.2. The van der Waals surface area contributed by atoms with E-state index in [4.69, 9.17) is 0 Å². The van der Waals surface area contributed by atoms with E-state index in [1.165, 1.54) is 17.4 Å². The van der Waals surface area contributed by atoms with Gasteiger partial charge < -0.3 is 15.1 Å². The second kappa shape index (κ2) is 9.13. The van der Waals surface area contributed by atoms with Crippen molar-refractivity contribution < 1.29 is 22.8 Å². The van der Waals surface area contributed by atoms with Crippen molar-refractivity contribution in [2.45, 2.75) is 11.1 Å². The zero-order valence-corrected chi connectivity index (χ0v) is 18.7. The Morgan fingerprint density at radius 2 is 1.91 bits per heavy atom. The molecule has 168 valence electrons. The molecular formula is C22H20F3N3O2S2. The Balaban J connectivity index is 1.44. The minimum Gasteiger partial charge on any atom is -0.337 e. The third kappa shape index (κ3) is 5.25. The number of fused-ring (bicyclic) bond motifs is 1. The summed E-state index contributed by atoms with van der Waals surface area (Å²) < 4.78 is 38.7. The quantitative estimate of drug-likeness (QED) is 0.652. The Morgan fingerprint density at radius 3 is 2.62 bits per heavy atom. The maximum Gasteiger partial charge on any atom is 0.416 e. The number of thiophene rings is 1. The van der Waals surface area contributed by atoms with Crippen LogP contribution in [0, 0.1) is 0 Å². The monoisotopic (exact) mass is 479 g/mol. The van der Waals surface area contributed by atoms with E-state index in [1.807, 2.05) is 23.4 Å². The molecule has 1 aromatic carbocycles. The molecular weight excluding hydrogens is 459 g/mol. The van der Waals surface area contributed by atoms with Crippen molar-refractivity contribution in [3.05, 3.63) is 56.6 Å². The van der Waals surface area contributed by atoms with Crippen molar-refractivity contribution in [3.63, 3.8) is 0 Å². The van der Waals surface area contributed by atoms with Crippen molar-refractivity contribution in [2.24, 2.45) is 0 Å². The third-order valence-corrected chi connectivity index (χ3v) is 7.14. The van der Waals surface area contributed by atoms with E-state index in [0.717, 1.165) is 47.4 Å². The number of alkyl halides is 3. The number of halogens is 3. The van der Waals surface area contributed by atoms with Crippen LogP contribution >= 0.6 is 23.1 Å². The van der Waals surface area contributed by atoms with Gasteiger partial charge in [0, 0.05) is 42.0 Å². The van der Waals surface area contributed by atoms with E-state index in [9.17, 15) is 22.8 Å². The average Bonchev–Trinajstić information content (AvgIpc) is 3.19. The summed E-state index contributed by atoms with van der Waals surface area (Å²) in [6.45, 7) is 3.13. The molecule has 0 radical (unpaired) electrons. The van der Waals surface area contributed by atoms with Crippen LogP contribution in [0.15, 0.2) is 45.5 Å². The van der Waals surface area contributed by atoms with Gasteiger partial charge >= 0.3 is 6.18 Å². The Labute approximate surface area is 191 Å². The second-order valence-electron chi connectivity index (χ2n) is 7.52. The molecule has 0 unspecified atom stereocenters. The van der Waals surface area contributed by atoms with Crippen LogP contribution in [-0.4, -0.2) is 54.8 Å². The zero-order chi connectivity index (χ0) is 22.9. The van der Waals surface area contributed by atoms with Crippen molar-refractivity contribution >= 4 is 52.8 Å². The molecule has 0 bridgehead atoms. The molecule has 1 saturated heterocycles. The molecule has 4 rings (SSSR count). The summed E-state index contributed by atoms with van der Waals surface area (Å²) >= 11 is 2.55. The van der Waals surface area contributed by atoms with E-state index in [0.29, 0.717) is 22.9 Å². The molecule has 1 N–H and O–H groups in total. The van der Waals surface area contributed by atoms with Gasteiger partial charge in [-0.3, -0.25) is 9.59 Å². The van der Waals surface area contributed by atoms with Gasteiger partial charge in [0.15, 0.2) is 0 Å². The lowest BCUT2D eigenvalue weighted by molar-refractivity contribution is -0.137. The van der Waals surface area contributed by atoms with E-state index < -0.39 is 17.6 Å². The summed E-state index contributed by atoms with van der Waals surface area (Å²) in [5.41, 5.74) is 0.204. The summed E-state index contributed by atoms with van der Waals surface area (Å²) in [6.07, 6.45) is 0.542. The van der Waals surface area contributed by atoms with E-state index in [1.54, 1.807) is 18.2 Å². The highest BCUT2D eigenvalue weighted by molar-refractivity contribution is 8.04. The highest BCUT2D eigenvalue weighted by Gasteiger charge is 2.32. The minimum absolute atomic E-state index is 0.0266. The summed E-state index contributed by atoms with van der Waals surface area (Å²) in [6, 6.07) is 5.18. The molecule has 0 aliphatic carbocycles. The topological polar surface area (TPSA) is 52.6 Å². The van der Waals surface area contributed by atoms with Gasteiger partial charge in [0.2, 0.25) is 5.91 Å². The van der Waals surface area contributed by atoms with Crippen molar-refractivity contribution in [3.8, 4) is 0 Å². The molecule has 0 saturated carbocycles. The second-order valence-corrected chi connectivity index (χ2v) is 9.54. The number of piperazine rings is 1. The number of hydrogen-bond acceptors (Lipinski definition) is 5. The average molecular weight is 480 g/mol. The highest BCUT2D eigenvalue weighted by Crippen LogP contribution is 2.42. The number of nitrogens with zero attached hydrogens (tertiary/aromatic N) is 2. The fourth-order valence-corrected chi connectivity index (χ4v) is 5.10. The standard InChI is InChI=1S/C22H20F3N3O2S2/c1-27-6-8-28(9-7-27)20(29)5-2-14-10-16(31-13-14)12-19-21(30)26-17-11-15(22(23,24)25)3-4-18(17)32-19/h2-5,10-13H,6-9H2,1H3,(H,26,30)/b5-2+,19-12?. The van der Waals surface area contributed by atoms with E-state index in [2.05, 4.69) is 10.2 Å². The first-order valence-electron chi connectivity index (χ1n) is 9.85. The lowest BCUT2D eigenvalue weighted by Crippen LogP contribution is -2.46. The molecule has 2 aromatic rings. The van der Waals surface area contributed by atoms with Crippen LogP contribution in [0.25, 0.3) is 12.2 Å². The van der Waals surface area contributed by atoms with Crippen LogP contribution in [0.3, 0.4) is 0 Å². The SMILES string of the molecule is CN1CCN(C(=O)/C=C/c2csc(C=C3Sc4ccc(C(F)(F)F)cc4NC3=O)c2)CC1. The lowest BCUT2D eigenvalue weighted by Gasteiger charge is -2.31. The van der Waals surface area contributed by atoms with Gasteiger partial charge in [-0.05, 0) is 54.4 Å². The van der Waals surface area contributed by atoms with Crippen LogP contribution < -0.4 is 5.32 Å². The summed E-state index contributed by atoms with van der Waals surface area (Å²) in [5, 5.41) is 4.42. The van der Waals surface area contributed by atoms with E-state index >= 15 is 0 Å². The van der Waals surface area contributed by atoms with E-state index in [-0.39, 0.29) is 11.6 Å². The fraction of sp³-hybridized carbons (Fsp3) is 0.273. The molecule has 2 aliphatic rings. The summed E-state index contributed by atoms with van der Waals surface area (Å²) in [7, 11) is 2.03. The van der Waals surface area contributed by atoms with Gasteiger partial charge in [0.1, 0.15) is 0 Å². The first kappa shape index (κ1) is 22.6. The molecule has 32 heavy (non-hydrogen) atoms. The highest BCUT2D eigenvalue weighted by atomic mass is 32.2. The molecule has 3 heterocycles. The van der Waals surface area contributed by atoms with Gasteiger partial charge in [0.05, 0.1) is 16.2 Å². The third-order valence-electron chi connectivity index (χ3n) is 5.15. The first-order chi connectivity index (χ1) is 15.2. The summed E-state index contributed by atoms with van der Waals surface area (Å²) in [5.74, 6) is -0.473. The Bertz CT molecular complexity index is 1100. The predicted octanol–water partition coefficient (Wildman–Crippen LogP) is 4.64. The smallest absolute Gasteiger partial charge is 0.337 e. The Kier molecular flexibility index (Phi) is 6.45. The number of benzene rings is 1. The van der Waals surface area contributed by atoms with Gasteiger partial charge in [-0.15, -0.1) is 11.3 Å². The number of hydrogen-bond donors (Lipinski definition) is 1. The number of nitrogens with one attached hydrogen (secondary N) is 1. The van der Waals surface area contributed by atoms with Crippen LogP contribution in [0.1, 0.15) is 16.0 Å². The molecule has 1 fully saturated rings. The predicted molar refractivity (Wildman–Crippen MR) is 121 cm³/mol. The maximum atomic E-state index is 12.9. The van der Waals surface area contributed by atoms with Gasteiger partial charge in [-0.25, -0.2) is 0 Å². The largest absolute Gasteiger partial charge is 0.416 e.